The van der Waals surface area contributed by atoms with E-state index in [0.717, 1.165) is 57.8 Å². The summed E-state index contributed by atoms with van der Waals surface area (Å²) < 4.78 is 10.6. The zero-order valence-electron chi connectivity index (χ0n) is 15.6. The highest BCUT2D eigenvalue weighted by Crippen LogP contribution is 2.12. The first-order chi connectivity index (χ1) is 11.1. The molecule has 0 aromatic carbocycles. The Morgan fingerprint density at radius 2 is 0.913 bits per heavy atom. The number of hydrogen-bond acceptors (Lipinski definition) is 4. The van der Waals surface area contributed by atoms with Gasteiger partial charge in [0.15, 0.2) is 0 Å². The van der Waals surface area contributed by atoms with E-state index in [-0.39, 0.29) is 23.8 Å². The molecule has 0 saturated carbocycles. The average Bonchev–Trinajstić information content (AvgIpc) is 2.55. The molecule has 0 amide bonds. The van der Waals surface area contributed by atoms with Gasteiger partial charge in [-0.2, -0.15) is 0 Å². The van der Waals surface area contributed by atoms with Crippen molar-refractivity contribution >= 4 is 11.9 Å². The van der Waals surface area contributed by atoms with Gasteiger partial charge in [-0.05, 0) is 38.5 Å². The molecule has 4 nitrogen and oxygen atoms in total. The van der Waals surface area contributed by atoms with Crippen LogP contribution in [0.25, 0.3) is 0 Å². The van der Waals surface area contributed by atoms with Crippen molar-refractivity contribution in [2.75, 3.05) is 13.2 Å². The van der Waals surface area contributed by atoms with Crippen molar-refractivity contribution in [3.63, 3.8) is 0 Å². The van der Waals surface area contributed by atoms with E-state index in [4.69, 9.17) is 9.47 Å². The number of ether oxygens (including phenoxy) is 2. The summed E-state index contributed by atoms with van der Waals surface area (Å²) in [6.07, 6.45) is 8.43. The van der Waals surface area contributed by atoms with E-state index in [2.05, 4.69) is 0 Å². The van der Waals surface area contributed by atoms with Crippen LogP contribution in [0.1, 0.15) is 85.5 Å². The molecule has 0 saturated heterocycles. The molecule has 0 spiro atoms. The Labute approximate surface area is 142 Å². The molecule has 0 N–H and O–H groups in total. The zero-order valence-corrected chi connectivity index (χ0v) is 15.6. The van der Waals surface area contributed by atoms with E-state index in [1.807, 2.05) is 27.7 Å². The Balaban J connectivity index is 3.47. The predicted molar refractivity (Wildman–Crippen MR) is 93.1 cm³/mol. The standard InChI is InChI=1S/C19H36O4/c1-5-16(6-2)18(20)22-14-12-10-9-11-13-15-23-19(21)17(7-3)8-4/h16-17H,5-15H2,1-4H3. The Bertz CT molecular complexity index is 276. The number of unbranched alkanes of at least 4 members (excludes halogenated alkanes) is 4. The van der Waals surface area contributed by atoms with Gasteiger partial charge in [-0.25, -0.2) is 0 Å². The fraction of sp³-hybridized carbons (Fsp3) is 0.895. The maximum atomic E-state index is 11.7. The summed E-state index contributed by atoms with van der Waals surface area (Å²) in [5.41, 5.74) is 0. The Kier molecular flexibility index (Phi) is 13.9. The monoisotopic (exact) mass is 328 g/mol. The van der Waals surface area contributed by atoms with Crippen LogP contribution in [0.4, 0.5) is 0 Å². The number of rotatable bonds is 14. The van der Waals surface area contributed by atoms with E-state index < -0.39 is 0 Å². The van der Waals surface area contributed by atoms with Gasteiger partial charge < -0.3 is 9.47 Å². The van der Waals surface area contributed by atoms with Crippen LogP contribution in [0, 0.1) is 11.8 Å². The lowest BCUT2D eigenvalue weighted by atomic mass is 10.0. The normalized spacial score (nSPS) is 11.0. The van der Waals surface area contributed by atoms with Crippen LogP contribution in [-0.4, -0.2) is 25.2 Å². The van der Waals surface area contributed by atoms with E-state index in [0.29, 0.717) is 13.2 Å². The second kappa shape index (κ2) is 14.5. The minimum Gasteiger partial charge on any atom is -0.465 e. The first-order valence-electron chi connectivity index (χ1n) is 9.43. The van der Waals surface area contributed by atoms with Crippen molar-refractivity contribution in [1.29, 1.82) is 0 Å². The van der Waals surface area contributed by atoms with Gasteiger partial charge in [-0.3, -0.25) is 9.59 Å². The van der Waals surface area contributed by atoms with Crippen LogP contribution in [-0.2, 0) is 19.1 Å². The summed E-state index contributed by atoms with van der Waals surface area (Å²) in [4.78, 5) is 23.4. The van der Waals surface area contributed by atoms with Crippen molar-refractivity contribution in [2.24, 2.45) is 11.8 Å². The molecule has 0 aromatic heterocycles. The highest BCUT2D eigenvalue weighted by molar-refractivity contribution is 5.72. The minimum absolute atomic E-state index is 0.0525. The number of carbonyl (C=O) groups is 2. The van der Waals surface area contributed by atoms with E-state index >= 15 is 0 Å². The minimum atomic E-state index is -0.0525. The number of carbonyl (C=O) groups excluding carboxylic acids is 2. The fourth-order valence-corrected chi connectivity index (χ4v) is 2.56. The SMILES string of the molecule is CCC(CC)C(=O)OCCCCCCCOC(=O)C(CC)CC. The van der Waals surface area contributed by atoms with Crippen LogP contribution in [0.5, 0.6) is 0 Å². The van der Waals surface area contributed by atoms with Gasteiger partial charge in [0, 0.05) is 0 Å². The maximum absolute atomic E-state index is 11.7. The quantitative estimate of drug-likeness (QED) is 0.336. The molecule has 4 heteroatoms. The molecule has 0 rings (SSSR count). The molecule has 0 aliphatic carbocycles. The molecule has 0 bridgehead atoms. The predicted octanol–water partition coefficient (Wildman–Crippen LogP) is 4.90. The summed E-state index contributed by atoms with van der Waals surface area (Å²) in [7, 11) is 0. The fourth-order valence-electron chi connectivity index (χ4n) is 2.56. The second-order valence-corrected chi connectivity index (χ2v) is 6.13. The summed E-state index contributed by atoms with van der Waals surface area (Å²) in [6, 6.07) is 0. The molecule has 0 heterocycles. The van der Waals surface area contributed by atoms with E-state index in [1.165, 1.54) is 0 Å². The third-order valence-electron chi connectivity index (χ3n) is 4.42. The van der Waals surface area contributed by atoms with Crippen LogP contribution < -0.4 is 0 Å². The van der Waals surface area contributed by atoms with Gasteiger partial charge in [-0.1, -0.05) is 47.0 Å². The average molecular weight is 328 g/mol. The van der Waals surface area contributed by atoms with Crippen LogP contribution >= 0.6 is 0 Å². The summed E-state index contributed by atoms with van der Waals surface area (Å²) in [6.45, 7) is 9.13. The van der Waals surface area contributed by atoms with Crippen LogP contribution in [0.3, 0.4) is 0 Å². The van der Waals surface area contributed by atoms with Gasteiger partial charge in [-0.15, -0.1) is 0 Å². The first-order valence-corrected chi connectivity index (χ1v) is 9.43. The van der Waals surface area contributed by atoms with Gasteiger partial charge in [0.05, 0.1) is 25.0 Å². The Hall–Kier alpha value is -1.06. The lowest BCUT2D eigenvalue weighted by Crippen LogP contribution is -2.17. The second-order valence-electron chi connectivity index (χ2n) is 6.13. The first kappa shape index (κ1) is 21.9. The van der Waals surface area contributed by atoms with Crippen LogP contribution in [0.2, 0.25) is 0 Å². The molecule has 0 atom stereocenters. The number of hydrogen-bond donors (Lipinski definition) is 0. The highest BCUT2D eigenvalue weighted by atomic mass is 16.5. The van der Waals surface area contributed by atoms with Crippen molar-refractivity contribution in [3.8, 4) is 0 Å². The third-order valence-corrected chi connectivity index (χ3v) is 4.42. The van der Waals surface area contributed by atoms with Crippen molar-refractivity contribution in [3.05, 3.63) is 0 Å². The van der Waals surface area contributed by atoms with Gasteiger partial charge in [0.1, 0.15) is 0 Å². The topological polar surface area (TPSA) is 52.6 Å². The van der Waals surface area contributed by atoms with E-state index in [1.54, 1.807) is 0 Å². The molecule has 0 aliphatic rings. The van der Waals surface area contributed by atoms with Crippen molar-refractivity contribution in [1.82, 2.24) is 0 Å². The number of esters is 2. The summed E-state index contributed by atoms with van der Waals surface area (Å²) >= 11 is 0. The molecule has 0 aromatic rings. The Morgan fingerprint density at radius 3 is 1.22 bits per heavy atom. The molecule has 0 unspecified atom stereocenters. The van der Waals surface area contributed by atoms with Crippen molar-refractivity contribution in [2.45, 2.75) is 85.5 Å². The lowest BCUT2D eigenvalue weighted by molar-refractivity contribution is -0.149. The maximum Gasteiger partial charge on any atom is 0.308 e. The molecular weight excluding hydrogens is 292 g/mol. The highest BCUT2D eigenvalue weighted by Gasteiger charge is 2.15. The van der Waals surface area contributed by atoms with Gasteiger partial charge >= 0.3 is 11.9 Å². The smallest absolute Gasteiger partial charge is 0.308 e. The lowest BCUT2D eigenvalue weighted by Gasteiger charge is -2.12. The molecule has 136 valence electrons. The largest absolute Gasteiger partial charge is 0.465 e. The van der Waals surface area contributed by atoms with Crippen molar-refractivity contribution < 1.29 is 19.1 Å². The molecule has 23 heavy (non-hydrogen) atoms. The van der Waals surface area contributed by atoms with E-state index in [9.17, 15) is 9.59 Å². The van der Waals surface area contributed by atoms with Gasteiger partial charge in [0.2, 0.25) is 0 Å². The Morgan fingerprint density at radius 1 is 0.609 bits per heavy atom. The summed E-state index contributed by atoms with van der Waals surface area (Å²) in [5.74, 6) is 0.00568. The van der Waals surface area contributed by atoms with Crippen LogP contribution in [0.15, 0.2) is 0 Å². The molecule has 0 radical (unpaired) electrons. The summed E-state index contributed by atoms with van der Waals surface area (Å²) in [5, 5.41) is 0. The molecule has 0 aliphatic heterocycles. The van der Waals surface area contributed by atoms with Gasteiger partial charge in [0.25, 0.3) is 0 Å². The third kappa shape index (κ3) is 10.4. The molecular formula is C19H36O4. The molecule has 0 fully saturated rings. The zero-order chi connectivity index (χ0) is 17.5.